The van der Waals surface area contributed by atoms with Gasteiger partial charge in [0.25, 0.3) is 0 Å². The van der Waals surface area contributed by atoms with Crippen LogP contribution in [0, 0.1) is 5.41 Å². The lowest BCUT2D eigenvalue weighted by atomic mass is 9.93. The van der Waals surface area contributed by atoms with Crippen LogP contribution < -0.4 is 0 Å². The number of hydrogen-bond acceptors (Lipinski definition) is 4. The molecule has 126 valence electrons. The summed E-state index contributed by atoms with van der Waals surface area (Å²) in [6.07, 6.45) is 1.32. The molecule has 0 spiro atoms. The van der Waals surface area contributed by atoms with E-state index >= 15 is 0 Å². The van der Waals surface area contributed by atoms with Gasteiger partial charge in [0.1, 0.15) is 11.9 Å². The summed E-state index contributed by atoms with van der Waals surface area (Å²) in [6, 6.07) is 0. The van der Waals surface area contributed by atoms with E-state index in [1.54, 1.807) is 0 Å². The summed E-state index contributed by atoms with van der Waals surface area (Å²) >= 11 is 0. The van der Waals surface area contributed by atoms with Crippen molar-refractivity contribution in [2.45, 2.75) is 39.7 Å². The van der Waals surface area contributed by atoms with E-state index in [2.05, 4.69) is 42.6 Å². The van der Waals surface area contributed by atoms with Crippen LogP contribution in [-0.2, 0) is 9.47 Å². The van der Waals surface area contributed by atoms with Crippen LogP contribution in [0.3, 0.4) is 0 Å². The molecule has 2 aliphatic heterocycles. The Kier molecular flexibility index (Phi) is 5.81. The van der Waals surface area contributed by atoms with Crippen molar-refractivity contribution in [3.05, 3.63) is 0 Å². The molecule has 0 aromatic heterocycles. The third-order valence-electron chi connectivity index (χ3n) is 4.11. The fourth-order valence-electron chi connectivity index (χ4n) is 2.85. The van der Waals surface area contributed by atoms with E-state index < -0.39 is 6.09 Å². The molecule has 0 atom stereocenters. The van der Waals surface area contributed by atoms with Crippen molar-refractivity contribution in [1.82, 2.24) is 9.80 Å². The second-order valence-corrected chi connectivity index (χ2v) is 7.17. The van der Waals surface area contributed by atoms with Crippen molar-refractivity contribution in [2.75, 3.05) is 46.4 Å². The Balaban J connectivity index is 1.99. The third kappa shape index (κ3) is 4.95. The molecule has 6 nitrogen and oxygen atoms in total. The van der Waals surface area contributed by atoms with Gasteiger partial charge in [0.05, 0.1) is 13.2 Å². The average molecular weight is 311 g/mol. The predicted molar refractivity (Wildman–Crippen MR) is 86.3 cm³/mol. The summed E-state index contributed by atoms with van der Waals surface area (Å²) in [5.41, 5.74) is -0.191. The predicted octanol–water partition coefficient (Wildman–Crippen LogP) is 1.99. The first-order valence-corrected chi connectivity index (χ1v) is 8.17. The highest BCUT2D eigenvalue weighted by Crippen LogP contribution is 2.21. The molecule has 0 saturated carbocycles. The largest absolute Gasteiger partial charge is 0.444 e. The van der Waals surface area contributed by atoms with E-state index in [-0.39, 0.29) is 11.5 Å². The second-order valence-electron chi connectivity index (χ2n) is 7.17. The van der Waals surface area contributed by atoms with Crippen molar-refractivity contribution in [3.63, 3.8) is 0 Å². The lowest BCUT2D eigenvalue weighted by Gasteiger charge is -2.36. The van der Waals surface area contributed by atoms with Crippen molar-refractivity contribution in [2.24, 2.45) is 10.4 Å². The van der Waals surface area contributed by atoms with Gasteiger partial charge in [0.2, 0.25) is 0 Å². The quantitative estimate of drug-likeness (QED) is 0.547. The van der Waals surface area contributed by atoms with E-state index in [4.69, 9.17) is 9.47 Å². The van der Waals surface area contributed by atoms with Crippen LogP contribution in [-0.4, -0.2) is 74.3 Å². The minimum absolute atomic E-state index is 0.00152. The van der Waals surface area contributed by atoms with Crippen LogP contribution in [0.2, 0.25) is 0 Å². The zero-order valence-electron chi connectivity index (χ0n) is 14.3. The summed E-state index contributed by atoms with van der Waals surface area (Å²) in [4.78, 5) is 20.9. The maximum absolute atomic E-state index is 12.2. The number of amides is 1. The summed E-state index contributed by atoms with van der Waals surface area (Å²) in [5.74, 6) is 0.800. The summed E-state index contributed by atoms with van der Waals surface area (Å²) in [7, 11) is 2.09. The molecule has 0 radical (unpaired) electrons. The molecule has 2 heterocycles. The molecule has 2 fully saturated rings. The highest BCUT2D eigenvalue weighted by atomic mass is 16.6. The Morgan fingerprint density at radius 3 is 2.27 bits per heavy atom. The van der Waals surface area contributed by atoms with E-state index in [1.807, 2.05) is 0 Å². The number of aliphatic imine (C=N–C) groups is 1. The molecule has 2 saturated heterocycles. The van der Waals surface area contributed by atoms with E-state index in [0.717, 1.165) is 44.9 Å². The zero-order valence-corrected chi connectivity index (χ0v) is 14.3. The lowest BCUT2D eigenvalue weighted by molar-refractivity contribution is 0.0586. The van der Waals surface area contributed by atoms with Crippen LogP contribution in [0.4, 0.5) is 4.79 Å². The monoisotopic (exact) mass is 311 g/mol. The summed E-state index contributed by atoms with van der Waals surface area (Å²) < 4.78 is 10.9. The number of hydrogen-bond donors (Lipinski definition) is 0. The minimum Gasteiger partial charge on any atom is -0.444 e. The number of ether oxygens (including phenoxy) is 2. The lowest BCUT2D eigenvalue weighted by Crippen LogP contribution is -2.46. The van der Waals surface area contributed by atoms with Crippen LogP contribution in [0.1, 0.15) is 33.6 Å². The van der Waals surface area contributed by atoms with Crippen molar-refractivity contribution in [1.29, 1.82) is 0 Å². The first-order valence-electron chi connectivity index (χ1n) is 8.17. The van der Waals surface area contributed by atoms with Gasteiger partial charge in [-0.25, -0.2) is 4.79 Å². The molecule has 6 heteroatoms. The molecular weight excluding hydrogens is 282 g/mol. The number of nitrogens with zero attached hydrogens (tertiary/aromatic N) is 3. The Labute approximate surface area is 133 Å². The smallest absolute Gasteiger partial charge is 0.435 e. The number of likely N-dealkylation sites (tertiary alicyclic amines) is 1. The molecule has 0 aliphatic carbocycles. The van der Waals surface area contributed by atoms with Gasteiger partial charge in [-0.1, -0.05) is 20.8 Å². The van der Waals surface area contributed by atoms with Crippen LogP contribution in [0.5, 0.6) is 0 Å². The molecule has 0 aromatic rings. The van der Waals surface area contributed by atoms with E-state index in [9.17, 15) is 4.79 Å². The molecule has 0 N–H and O–H groups in total. The van der Waals surface area contributed by atoms with Crippen LogP contribution in [0.25, 0.3) is 0 Å². The van der Waals surface area contributed by atoms with Gasteiger partial charge in [-0.05, 0) is 19.9 Å². The summed E-state index contributed by atoms with van der Waals surface area (Å²) in [5, 5.41) is 0. The Hall–Kier alpha value is -1.14. The molecule has 0 unspecified atom stereocenters. The minimum atomic E-state index is -0.453. The molecule has 2 aliphatic rings. The van der Waals surface area contributed by atoms with Gasteiger partial charge in [-0.2, -0.15) is 4.99 Å². The van der Waals surface area contributed by atoms with Gasteiger partial charge in [-0.3, -0.25) is 0 Å². The number of carbonyl (C=O) groups excluding carboxylic acids is 1. The molecule has 2 rings (SSSR count). The summed E-state index contributed by atoms with van der Waals surface area (Å²) in [6.45, 7) is 11.1. The van der Waals surface area contributed by atoms with Gasteiger partial charge >= 0.3 is 6.09 Å². The van der Waals surface area contributed by atoms with Crippen molar-refractivity contribution in [3.8, 4) is 0 Å². The highest BCUT2D eigenvalue weighted by molar-refractivity contribution is 5.95. The fraction of sp³-hybridized carbons (Fsp3) is 0.875. The third-order valence-corrected chi connectivity index (χ3v) is 4.11. The number of amidine groups is 1. The first kappa shape index (κ1) is 17.2. The van der Waals surface area contributed by atoms with Gasteiger partial charge < -0.3 is 19.3 Å². The Morgan fingerprint density at radius 1 is 1.14 bits per heavy atom. The fourth-order valence-corrected chi connectivity index (χ4v) is 2.85. The average Bonchev–Trinajstić information content (AvgIpc) is 2.47. The maximum atomic E-state index is 12.2. The number of rotatable bonds is 1. The Morgan fingerprint density at radius 2 is 1.73 bits per heavy atom. The maximum Gasteiger partial charge on any atom is 0.435 e. The SMILES string of the molecule is CN1CCC(OC(=O)N=C(N2CCOCC2)C(C)(C)C)CC1. The van der Waals surface area contributed by atoms with Crippen molar-refractivity contribution >= 4 is 11.9 Å². The topological polar surface area (TPSA) is 54.4 Å². The standard InChI is InChI=1S/C16H29N3O3/c1-16(2,3)14(19-9-11-21-12-10-19)17-15(20)22-13-5-7-18(4)8-6-13/h13H,5-12H2,1-4H3. The van der Waals surface area contributed by atoms with Crippen molar-refractivity contribution < 1.29 is 14.3 Å². The number of piperidine rings is 1. The van der Waals surface area contributed by atoms with Gasteiger partial charge in [0, 0.05) is 31.6 Å². The van der Waals surface area contributed by atoms with Gasteiger partial charge in [0.15, 0.2) is 0 Å². The number of morpholine rings is 1. The highest BCUT2D eigenvalue weighted by Gasteiger charge is 2.28. The van der Waals surface area contributed by atoms with Crippen LogP contribution in [0.15, 0.2) is 4.99 Å². The molecular formula is C16H29N3O3. The van der Waals surface area contributed by atoms with Crippen LogP contribution >= 0.6 is 0 Å². The van der Waals surface area contributed by atoms with Gasteiger partial charge in [-0.15, -0.1) is 0 Å². The second kappa shape index (κ2) is 7.42. The van der Waals surface area contributed by atoms with E-state index in [0.29, 0.717) is 13.2 Å². The molecule has 1 amide bonds. The molecule has 0 bridgehead atoms. The Bertz CT molecular complexity index is 403. The molecule has 0 aromatic carbocycles. The molecule has 22 heavy (non-hydrogen) atoms. The first-order chi connectivity index (χ1) is 10.4. The zero-order chi connectivity index (χ0) is 16.2. The normalized spacial score (nSPS) is 22.7. The number of carbonyl (C=O) groups is 1. The van der Waals surface area contributed by atoms with E-state index in [1.165, 1.54) is 0 Å².